The van der Waals surface area contributed by atoms with E-state index in [1.54, 1.807) is 6.92 Å². The third kappa shape index (κ3) is 4.90. The van der Waals surface area contributed by atoms with Crippen LogP contribution in [0.15, 0.2) is 28.7 Å². The van der Waals surface area contributed by atoms with Gasteiger partial charge in [0.2, 0.25) is 6.29 Å². The molecule has 0 aliphatic carbocycles. The number of nitrogens with zero attached hydrogens (tertiary/aromatic N) is 2. The van der Waals surface area contributed by atoms with E-state index < -0.39 is 38.6 Å². The minimum atomic E-state index is -3.80. The van der Waals surface area contributed by atoms with Crippen LogP contribution in [0.4, 0.5) is 10.5 Å². The van der Waals surface area contributed by atoms with E-state index in [0.29, 0.717) is 11.3 Å². The molecule has 0 aromatic heterocycles. The van der Waals surface area contributed by atoms with Gasteiger partial charge in [-0.15, -0.1) is 4.40 Å². The molecule has 1 aliphatic rings. The molecule has 2 rings (SSSR count). The first-order valence-electron chi connectivity index (χ1n) is 6.91. The topological polar surface area (TPSA) is 145 Å². The third-order valence-corrected chi connectivity index (χ3v) is 4.26. The fourth-order valence-electron chi connectivity index (χ4n) is 2.18. The van der Waals surface area contributed by atoms with Crippen molar-refractivity contribution < 1.29 is 30.6 Å². The lowest BCUT2D eigenvalue weighted by Gasteiger charge is -2.20. The van der Waals surface area contributed by atoms with E-state index >= 15 is 0 Å². The van der Waals surface area contributed by atoms with E-state index in [4.69, 9.17) is 14.7 Å². The van der Waals surface area contributed by atoms with Crippen LogP contribution in [0.2, 0.25) is 0 Å². The van der Waals surface area contributed by atoms with Crippen LogP contribution < -0.4 is 10.6 Å². The quantitative estimate of drug-likeness (QED) is 0.419. The highest BCUT2D eigenvalue weighted by molar-refractivity contribution is 7.89. The predicted molar refractivity (Wildman–Crippen MR) is 90.1 cm³/mol. The van der Waals surface area contributed by atoms with Crippen LogP contribution in [0, 0.1) is 0 Å². The van der Waals surface area contributed by atoms with Gasteiger partial charge in [0.25, 0.3) is 20.1 Å². The average molecular weight is 391 g/mol. The summed E-state index contributed by atoms with van der Waals surface area (Å²) in [5.41, 5.74) is 6.35. The number of rotatable bonds is 5. The molecule has 1 amide bonds. The van der Waals surface area contributed by atoms with E-state index in [-0.39, 0.29) is 5.84 Å². The van der Waals surface area contributed by atoms with Gasteiger partial charge in [-0.25, -0.2) is 17.4 Å². The summed E-state index contributed by atoms with van der Waals surface area (Å²) in [4.78, 5) is 13.2. The first-order chi connectivity index (χ1) is 11.4. The lowest BCUT2D eigenvalue weighted by molar-refractivity contribution is -0.00471. The molecule has 2 unspecified atom stereocenters. The Hall–Kier alpha value is -2.18. The first-order valence-corrected chi connectivity index (χ1v) is 10.6. The lowest BCUT2D eigenvalue weighted by Crippen LogP contribution is -2.35. The minimum Gasteiger partial charge on any atom is -0.416 e. The Kier molecular flexibility index (Phi) is 5.06. The lowest BCUT2D eigenvalue weighted by atomic mass is 10.1. The monoisotopic (exact) mass is 391 g/mol. The average Bonchev–Trinajstić information content (AvgIpc) is 2.70. The molecule has 12 heteroatoms. The number of carbonyl (C=O) groups is 1. The minimum absolute atomic E-state index is 0.190. The summed E-state index contributed by atoms with van der Waals surface area (Å²) in [5.74, 6) is -0.190. The molecule has 1 aromatic rings. The normalized spacial score (nSPS) is 22.1. The highest BCUT2D eigenvalue weighted by Gasteiger charge is 2.42. The number of carbonyl (C=O) groups excluding carboxylic acids is 1. The van der Waals surface area contributed by atoms with Crippen LogP contribution in [-0.4, -0.2) is 53.6 Å². The summed E-state index contributed by atoms with van der Waals surface area (Å²) in [6.07, 6.45) is -0.266. The van der Waals surface area contributed by atoms with Gasteiger partial charge >= 0.3 is 6.09 Å². The number of amidine groups is 1. The smallest absolute Gasteiger partial charge is 0.416 e. The van der Waals surface area contributed by atoms with E-state index in [2.05, 4.69) is 4.40 Å². The summed E-state index contributed by atoms with van der Waals surface area (Å²) in [7, 11) is -7.43. The fraction of sp³-hybridized carbons (Fsp3) is 0.385. The van der Waals surface area contributed by atoms with Gasteiger partial charge in [-0.05, 0) is 31.2 Å². The molecule has 2 atom stereocenters. The first kappa shape index (κ1) is 19.1. The van der Waals surface area contributed by atoms with Gasteiger partial charge in [0.05, 0.1) is 12.5 Å². The fourth-order valence-corrected chi connectivity index (χ4v) is 3.19. The van der Waals surface area contributed by atoms with Gasteiger partial charge < -0.3 is 10.5 Å². The van der Waals surface area contributed by atoms with E-state index in [0.717, 1.165) is 12.5 Å². The SMILES string of the molecule is CC1C(OS(C)(=O)=O)OC(=O)N1c1ccc(C(N)=NS(C)(=O)=O)cc1. The van der Waals surface area contributed by atoms with Crippen molar-refractivity contribution in [3.05, 3.63) is 29.8 Å². The maximum absolute atomic E-state index is 12.0. The Morgan fingerprint density at radius 2 is 1.76 bits per heavy atom. The summed E-state index contributed by atoms with van der Waals surface area (Å²) in [5, 5.41) is 0. The highest BCUT2D eigenvalue weighted by Crippen LogP contribution is 2.28. The van der Waals surface area contributed by atoms with Crippen molar-refractivity contribution in [1.29, 1.82) is 0 Å². The second-order valence-electron chi connectivity index (χ2n) is 5.42. The number of nitrogens with two attached hydrogens (primary N) is 1. The number of hydrogen-bond donors (Lipinski definition) is 1. The van der Waals surface area contributed by atoms with Crippen molar-refractivity contribution in [2.45, 2.75) is 19.3 Å². The Bertz CT molecular complexity index is 907. The maximum Gasteiger partial charge on any atom is 0.417 e. The van der Waals surface area contributed by atoms with Crippen LogP contribution >= 0.6 is 0 Å². The molecule has 0 spiro atoms. The van der Waals surface area contributed by atoms with E-state index in [1.165, 1.54) is 29.2 Å². The molecule has 0 saturated carbocycles. The van der Waals surface area contributed by atoms with Crippen molar-refractivity contribution >= 4 is 37.8 Å². The molecule has 10 nitrogen and oxygen atoms in total. The van der Waals surface area contributed by atoms with Crippen LogP contribution in [0.3, 0.4) is 0 Å². The van der Waals surface area contributed by atoms with Crippen LogP contribution in [0.25, 0.3) is 0 Å². The zero-order valence-electron chi connectivity index (χ0n) is 13.6. The number of cyclic esters (lactones) is 1. The molecule has 1 heterocycles. The van der Waals surface area contributed by atoms with Gasteiger partial charge in [-0.2, -0.15) is 8.42 Å². The molecular formula is C13H17N3O7S2. The molecule has 1 aromatic carbocycles. The number of amides is 1. The van der Waals surface area contributed by atoms with Gasteiger partial charge in [0.15, 0.2) is 0 Å². The van der Waals surface area contributed by atoms with Gasteiger partial charge in [0, 0.05) is 11.3 Å². The summed E-state index contributed by atoms with van der Waals surface area (Å²) in [6.45, 7) is 1.56. The van der Waals surface area contributed by atoms with Gasteiger partial charge in [-0.1, -0.05) is 0 Å². The molecule has 2 N–H and O–H groups in total. The van der Waals surface area contributed by atoms with Crippen LogP contribution in [0.1, 0.15) is 12.5 Å². The van der Waals surface area contributed by atoms with Crippen LogP contribution in [0.5, 0.6) is 0 Å². The van der Waals surface area contributed by atoms with Gasteiger partial charge in [0.1, 0.15) is 11.9 Å². The van der Waals surface area contributed by atoms with Crippen molar-refractivity contribution in [1.82, 2.24) is 0 Å². The molecule has 1 saturated heterocycles. The second-order valence-corrected chi connectivity index (χ2v) is 8.67. The van der Waals surface area contributed by atoms with Crippen molar-refractivity contribution in [2.24, 2.45) is 10.1 Å². The second kappa shape index (κ2) is 6.61. The largest absolute Gasteiger partial charge is 0.417 e. The number of hydrogen-bond acceptors (Lipinski definition) is 7. The maximum atomic E-state index is 12.0. The molecule has 0 radical (unpaired) electrons. The standard InChI is InChI=1S/C13H17N3O7S2/c1-8-12(23-25(3,20)21)22-13(17)16(8)10-6-4-9(5-7-10)11(14)15-24(2,18)19/h4-8,12H,1-3H3,(H2,14,15). The zero-order valence-corrected chi connectivity index (χ0v) is 15.2. The number of sulfonamides is 1. The van der Waals surface area contributed by atoms with Crippen LogP contribution in [-0.2, 0) is 29.1 Å². The molecule has 1 aliphatic heterocycles. The number of anilines is 1. The highest BCUT2D eigenvalue weighted by atomic mass is 32.2. The van der Waals surface area contributed by atoms with E-state index in [9.17, 15) is 21.6 Å². The summed E-state index contributed by atoms with van der Waals surface area (Å²) >= 11 is 0. The molecular weight excluding hydrogens is 374 g/mol. The Labute approximate surface area is 145 Å². The molecule has 0 bridgehead atoms. The summed E-state index contributed by atoms with van der Waals surface area (Å²) < 4.78 is 57.7. The van der Waals surface area contributed by atoms with Crippen molar-refractivity contribution in [3.63, 3.8) is 0 Å². The molecule has 25 heavy (non-hydrogen) atoms. The van der Waals surface area contributed by atoms with Crippen molar-refractivity contribution in [2.75, 3.05) is 17.4 Å². The Balaban J connectivity index is 2.25. The molecule has 1 fully saturated rings. The Morgan fingerprint density at radius 3 is 2.24 bits per heavy atom. The zero-order chi connectivity index (χ0) is 19.0. The predicted octanol–water partition coefficient (Wildman–Crippen LogP) is -0.00110. The number of ether oxygens (including phenoxy) is 1. The molecule has 138 valence electrons. The number of benzene rings is 1. The van der Waals surface area contributed by atoms with Crippen molar-refractivity contribution in [3.8, 4) is 0 Å². The summed E-state index contributed by atoms with van der Waals surface area (Å²) in [6, 6.07) is 5.25. The Morgan fingerprint density at radius 1 is 1.20 bits per heavy atom. The third-order valence-electron chi connectivity index (χ3n) is 3.19. The van der Waals surface area contributed by atoms with E-state index in [1.807, 2.05) is 0 Å². The van der Waals surface area contributed by atoms with Gasteiger partial charge in [-0.3, -0.25) is 4.90 Å².